The Morgan fingerprint density at radius 1 is 1.27 bits per heavy atom. The zero-order chi connectivity index (χ0) is 15.4. The first-order chi connectivity index (χ1) is 10.7. The third-order valence-electron chi connectivity index (χ3n) is 3.99. The molecule has 0 spiro atoms. The summed E-state index contributed by atoms with van der Waals surface area (Å²) in [6, 6.07) is 9.44. The van der Waals surface area contributed by atoms with Crippen LogP contribution >= 0.6 is 0 Å². The average molecular weight is 300 g/mol. The number of nitrogens with zero attached hydrogens (tertiary/aromatic N) is 1. The summed E-state index contributed by atoms with van der Waals surface area (Å²) < 4.78 is 5.42. The van der Waals surface area contributed by atoms with Crippen LogP contribution in [0.25, 0.3) is 11.5 Å². The van der Waals surface area contributed by atoms with E-state index in [4.69, 9.17) is 4.42 Å². The normalized spacial score (nSPS) is 21.5. The molecule has 22 heavy (non-hydrogen) atoms. The average Bonchev–Trinajstić information content (AvgIpc) is 2.99. The standard InChI is InChI=1S/C17H20N2O3/c20-15-9-5-4-8-14(15)19-16(21)10-13-11-22-17(18-13)12-6-2-1-3-7-12/h1-3,6-7,11,14-15,20H,4-5,8-10H2,(H,19,21). The first kappa shape index (κ1) is 14.8. The molecule has 1 saturated carbocycles. The van der Waals surface area contributed by atoms with Crippen molar-refractivity contribution in [2.75, 3.05) is 0 Å². The molecular formula is C17H20N2O3. The highest BCUT2D eigenvalue weighted by molar-refractivity contribution is 5.78. The Labute approximate surface area is 129 Å². The third-order valence-corrected chi connectivity index (χ3v) is 3.99. The molecule has 1 amide bonds. The van der Waals surface area contributed by atoms with Crippen molar-refractivity contribution < 1.29 is 14.3 Å². The molecule has 0 saturated heterocycles. The number of benzene rings is 1. The molecule has 1 aliphatic rings. The summed E-state index contributed by atoms with van der Waals surface area (Å²) in [5, 5.41) is 12.8. The molecule has 0 radical (unpaired) electrons. The minimum absolute atomic E-state index is 0.126. The number of aromatic nitrogens is 1. The SMILES string of the molecule is O=C(Cc1coc(-c2ccccc2)n1)NC1CCCCC1O. The van der Waals surface area contributed by atoms with Gasteiger partial charge < -0.3 is 14.8 Å². The largest absolute Gasteiger partial charge is 0.444 e. The summed E-state index contributed by atoms with van der Waals surface area (Å²) in [6.45, 7) is 0. The van der Waals surface area contributed by atoms with Crippen molar-refractivity contribution >= 4 is 5.91 Å². The Morgan fingerprint density at radius 2 is 2.05 bits per heavy atom. The number of hydrogen-bond acceptors (Lipinski definition) is 4. The van der Waals surface area contributed by atoms with Crippen LogP contribution < -0.4 is 5.32 Å². The van der Waals surface area contributed by atoms with Crippen molar-refractivity contribution in [1.82, 2.24) is 10.3 Å². The van der Waals surface area contributed by atoms with E-state index in [-0.39, 0.29) is 18.4 Å². The second-order valence-electron chi connectivity index (χ2n) is 5.71. The van der Waals surface area contributed by atoms with Gasteiger partial charge in [0.15, 0.2) is 0 Å². The first-order valence-corrected chi connectivity index (χ1v) is 7.69. The topological polar surface area (TPSA) is 75.4 Å². The van der Waals surface area contributed by atoms with Crippen LogP contribution in [0.4, 0.5) is 0 Å². The molecule has 2 atom stereocenters. The molecule has 5 nitrogen and oxygen atoms in total. The van der Waals surface area contributed by atoms with E-state index in [0.717, 1.165) is 31.2 Å². The predicted molar refractivity (Wildman–Crippen MR) is 82.0 cm³/mol. The zero-order valence-electron chi connectivity index (χ0n) is 12.4. The highest BCUT2D eigenvalue weighted by atomic mass is 16.3. The van der Waals surface area contributed by atoms with E-state index in [1.165, 1.54) is 6.26 Å². The number of aliphatic hydroxyl groups is 1. The van der Waals surface area contributed by atoms with E-state index in [2.05, 4.69) is 10.3 Å². The highest BCUT2D eigenvalue weighted by Gasteiger charge is 2.24. The van der Waals surface area contributed by atoms with Crippen LogP contribution in [-0.2, 0) is 11.2 Å². The second-order valence-corrected chi connectivity index (χ2v) is 5.71. The minimum Gasteiger partial charge on any atom is -0.444 e. The van der Waals surface area contributed by atoms with E-state index in [0.29, 0.717) is 11.6 Å². The van der Waals surface area contributed by atoms with E-state index in [1.54, 1.807) is 0 Å². The summed E-state index contributed by atoms with van der Waals surface area (Å²) in [5.41, 5.74) is 1.48. The van der Waals surface area contributed by atoms with Crippen molar-refractivity contribution in [2.45, 2.75) is 44.2 Å². The zero-order valence-corrected chi connectivity index (χ0v) is 12.4. The Kier molecular flexibility index (Phi) is 4.53. The van der Waals surface area contributed by atoms with Crippen LogP contribution in [0, 0.1) is 0 Å². The lowest BCUT2D eigenvalue weighted by Crippen LogP contribution is -2.45. The fourth-order valence-electron chi connectivity index (χ4n) is 2.80. The first-order valence-electron chi connectivity index (χ1n) is 7.69. The van der Waals surface area contributed by atoms with Crippen LogP contribution in [-0.4, -0.2) is 28.1 Å². The number of hydrogen-bond donors (Lipinski definition) is 2. The molecule has 2 unspecified atom stereocenters. The maximum atomic E-state index is 12.1. The van der Waals surface area contributed by atoms with Gasteiger partial charge in [-0.15, -0.1) is 0 Å². The lowest BCUT2D eigenvalue weighted by Gasteiger charge is -2.28. The van der Waals surface area contributed by atoms with Gasteiger partial charge >= 0.3 is 0 Å². The minimum atomic E-state index is -0.435. The Balaban J connectivity index is 1.59. The second kappa shape index (κ2) is 6.75. The van der Waals surface area contributed by atoms with Crippen molar-refractivity contribution in [3.05, 3.63) is 42.3 Å². The van der Waals surface area contributed by atoms with Gasteiger partial charge in [-0.1, -0.05) is 31.0 Å². The van der Waals surface area contributed by atoms with Gasteiger partial charge in [0, 0.05) is 5.56 Å². The molecule has 1 aliphatic carbocycles. The number of oxazole rings is 1. The van der Waals surface area contributed by atoms with E-state index >= 15 is 0 Å². The Morgan fingerprint density at radius 3 is 2.82 bits per heavy atom. The number of amides is 1. The van der Waals surface area contributed by atoms with Gasteiger partial charge in [-0.05, 0) is 25.0 Å². The van der Waals surface area contributed by atoms with Gasteiger partial charge in [0.25, 0.3) is 0 Å². The molecular weight excluding hydrogens is 280 g/mol. The summed E-state index contributed by atoms with van der Waals surface area (Å²) in [6.07, 6.45) is 4.91. The molecule has 5 heteroatoms. The number of carbonyl (C=O) groups excluding carboxylic acids is 1. The molecule has 1 aromatic heterocycles. The fraction of sp³-hybridized carbons (Fsp3) is 0.412. The maximum absolute atomic E-state index is 12.1. The van der Waals surface area contributed by atoms with Crippen molar-refractivity contribution in [1.29, 1.82) is 0 Å². The number of aliphatic hydroxyl groups excluding tert-OH is 1. The lowest BCUT2D eigenvalue weighted by atomic mass is 9.92. The van der Waals surface area contributed by atoms with Crippen molar-refractivity contribution in [2.24, 2.45) is 0 Å². The van der Waals surface area contributed by atoms with E-state index in [1.807, 2.05) is 30.3 Å². The van der Waals surface area contributed by atoms with Crippen molar-refractivity contribution in [3.63, 3.8) is 0 Å². The van der Waals surface area contributed by atoms with Crippen molar-refractivity contribution in [3.8, 4) is 11.5 Å². The van der Waals surface area contributed by atoms with Gasteiger partial charge in [-0.3, -0.25) is 4.79 Å². The predicted octanol–water partition coefficient (Wildman–Crippen LogP) is 2.30. The number of rotatable bonds is 4. The van der Waals surface area contributed by atoms with E-state index in [9.17, 15) is 9.90 Å². The molecule has 1 heterocycles. The van der Waals surface area contributed by atoms with Gasteiger partial charge in [0.05, 0.1) is 24.3 Å². The maximum Gasteiger partial charge on any atom is 0.226 e. The summed E-state index contributed by atoms with van der Waals surface area (Å²) in [5.74, 6) is 0.389. The third kappa shape index (κ3) is 3.54. The highest BCUT2D eigenvalue weighted by Crippen LogP contribution is 2.20. The van der Waals surface area contributed by atoms with Crippen LogP contribution in [0.3, 0.4) is 0 Å². The van der Waals surface area contributed by atoms with Crippen LogP contribution in [0.2, 0.25) is 0 Å². The summed E-state index contributed by atoms with van der Waals surface area (Å²) >= 11 is 0. The van der Waals surface area contributed by atoms with Crippen LogP contribution in [0.5, 0.6) is 0 Å². The summed E-state index contributed by atoms with van der Waals surface area (Å²) in [7, 11) is 0. The molecule has 2 aromatic rings. The number of carbonyl (C=O) groups is 1. The Bertz CT molecular complexity index is 624. The Hall–Kier alpha value is -2.14. The van der Waals surface area contributed by atoms with Gasteiger partial charge in [-0.2, -0.15) is 0 Å². The van der Waals surface area contributed by atoms with Crippen LogP contribution in [0.1, 0.15) is 31.4 Å². The smallest absolute Gasteiger partial charge is 0.226 e. The monoisotopic (exact) mass is 300 g/mol. The lowest BCUT2D eigenvalue weighted by molar-refractivity contribution is -0.122. The van der Waals surface area contributed by atoms with E-state index < -0.39 is 6.10 Å². The van der Waals surface area contributed by atoms with Gasteiger partial charge in [0.2, 0.25) is 11.8 Å². The molecule has 1 aromatic carbocycles. The molecule has 0 bridgehead atoms. The van der Waals surface area contributed by atoms with Gasteiger partial charge in [0.1, 0.15) is 6.26 Å². The number of nitrogens with one attached hydrogen (secondary N) is 1. The molecule has 0 aliphatic heterocycles. The fourth-order valence-corrected chi connectivity index (χ4v) is 2.80. The molecule has 1 fully saturated rings. The van der Waals surface area contributed by atoms with Crippen LogP contribution in [0.15, 0.2) is 41.0 Å². The molecule has 116 valence electrons. The quantitative estimate of drug-likeness (QED) is 0.908. The molecule has 2 N–H and O–H groups in total. The summed E-state index contributed by atoms with van der Waals surface area (Å²) in [4.78, 5) is 16.4. The van der Waals surface area contributed by atoms with Gasteiger partial charge in [-0.25, -0.2) is 4.98 Å². The molecule has 3 rings (SSSR count).